The number of hydrogen-bond acceptors (Lipinski definition) is 17. The van der Waals surface area contributed by atoms with E-state index in [0.717, 1.165) is 19.2 Å². The Morgan fingerprint density at radius 2 is 1.73 bits per heavy atom. The van der Waals surface area contributed by atoms with E-state index in [1.54, 1.807) is 0 Å². The van der Waals surface area contributed by atoms with E-state index in [-0.39, 0.29) is 0 Å². The van der Waals surface area contributed by atoms with Gasteiger partial charge in [-0.15, -0.1) is 0 Å². The molecular weight excluding hydrogens is 648 g/mol. The second kappa shape index (κ2) is 14.8. The first-order valence-electron chi connectivity index (χ1n) is 12.5. The summed E-state index contributed by atoms with van der Waals surface area (Å²) in [5, 5.41) is 51.6. The molecule has 0 radical (unpaired) electrons. The average molecular weight is 679 g/mol. The second-order valence-corrected chi connectivity index (χ2v) is 12.4. The molecule has 3 heterocycles. The number of carbonyl (C=O) groups excluding carboxylic acids is 2. The number of aliphatic hydroxyl groups excluding tert-OH is 5. The molecule has 22 nitrogen and oxygen atoms in total. The van der Waals surface area contributed by atoms with Gasteiger partial charge in [-0.1, -0.05) is 0 Å². The topological polar surface area (TPSA) is 332 Å². The van der Waals surface area contributed by atoms with Gasteiger partial charge in [0.1, 0.15) is 36.6 Å². The number of nitrogens with one attached hydrogen (secondary N) is 2. The molecule has 11 atom stereocenters. The Labute approximate surface area is 245 Å². The first-order valence-corrected chi connectivity index (χ1v) is 15.5. The van der Waals surface area contributed by atoms with E-state index >= 15 is 0 Å². The molecule has 0 aromatic carbocycles. The minimum atomic E-state index is -5.74. The van der Waals surface area contributed by atoms with Crippen molar-refractivity contribution in [2.45, 2.75) is 68.5 Å². The minimum Gasteiger partial charge on any atom is -0.457 e. The van der Waals surface area contributed by atoms with Crippen molar-refractivity contribution < 1.29 is 81.6 Å². The van der Waals surface area contributed by atoms with E-state index in [0.29, 0.717) is 4.57 Å². The van der Waals surface area contributed by atoms with E-state index in [2.05, 4.69) is 14.2 Å². The van der Waals surface area contributed by atoms with Crippen molar-refractivity contribution in [2.24, 2.45) is 0 Å². The molecule has 1 amide bonds. The number of nitrogens with zero attached hydrogens (tertiary/aromatic N) is 1. The largest absolute Gasteiger partial charge is 0.483 e. The van der Waals surface area contributed by atoms with Crippen molar-refractivity contribution >= 4 is 27.5 Å². The summed E-state index contributed by atoms with van der Waals surface area (Å²) in [5.74, 6) is -1.94. The highest BCUT2D eigenvalue weighted by Crippen LogP contribution is 2.61. The number of amides is 1. The van der Waals surface area contributed by atoms with Crippen LogP contribution in [-0.2, 0) is 46.3 Å². The van der Waals surface area contributed by atoms with Crippen LogP contribution in [0.1, 0.15) is 19.6 Å². The van der Waals surface area contributed by atoms with Crippen LogP contribution in [0.3, 0.4) is 0 Å². The number of ether oxygens (including phenoxy) is 3. The monoisotopic (exact) mass is 679 g/mol. The summed E-state index contributed by atoms with van der Waals surface area (Å²) in [6.07, 6.45) is -13.9. The number of aromatic amines is 1. The van der Waals surface area contributed by atoms with Crippen molar-refractivity contribution in [3.05, 3.63) is 33.1 Å². The fourth-order valence-corrected chi connectivity index (χ4v) is 6.35. The highest BCUT2D eigenvalue weighted by molar-refractivity contribution is 7.61. The Morgan fingerprint density at radius 3 is 2.32 bits per heavy atom. The zero-order valence-corrected chi connectivity index (χ0v) is 24.3. The van der Waals surface area contributed by atoms with Crippen molar-refractivity contribution in [3.63, 3.8) is 0 Å². The number of esters is 1. The lowest BCUT2D eigenvalue weighted by molar-refractivity contribution is -0.253. The predicted molar refractivity (Wildman–Crippen MR) is 136 cm³/mol. The molecule has 2 aliphatic heterocycles. The molecule has 0 saturated carbocycles. The van der Waals surface area contributed by atoms with Crippen molar-refractivity contribution in [1.29, 1.82) is 0 Å². The molecular formula is C20H31N3O19P2. The van der Waals surface area contributed by atoms with Crippen LogP contribution < -0.4 is 16.6 Å². The van der Waals surface area contributed by atoms with Gasteiger partial charge in [0.15, 0.2) is 18.6 Å². The van der Waals surface area contributed by atoms with Gasteiger partial charge in [-0.25, -0.2) is 13.9 Å². The number of phosphoric ester groups is 2. The summed E-state index contributed by atoms with van der Waals surface area (Å²) in [4.78, 5) is 69.2. The summed E-state index contributed by atoms with van der Waals surface area (Å²) < 4.78 is 55.0. The number of aromatic nitrogens is 2. The number of aliphatic hydroxyl groups is 5. The van der Waals surface area contributed by atoms with Crippen LogP contribution >= 0.6 is 15.6 Å². The van der Waals surface area contributed by atoms with Crippen LogP contribution in [0.2, 0.25) is 0 Å². The van der Waals surface area contributed by atoms with Gasteiger partial charge >= 0.3 is 27.3 Å². The Bertz CT molecular complexity index is 1390. The Kier molecular flexibility index (Phi) is 12.1. The minimum absolute atomic E-state index is 0.558. The molecule has 0 bridgehead atoms. The van der Waals surface area contributed by atoms with Gasteiger partial charge < -0.3 is 54.8 Å². The Morgan fingerprint density at radius 1 is 1.05 bits per heavy atom. The van der Waals surface area contributed by atoms with Crippen LogP contribution in [-0.4, -0.2) is 126 Å². The molecule has 2 aliphatic rings. The van der Waals surface area contributed by atoms with E-state index in [9.17, 15) is 58.5 Å². The second-order valence-electron chi connectivity index (χ2n) is 9.35. The highest BCUT2D eigenvalue weighted by atomic mass is 31.3. The smallest absolute Gasteiger partial charge is 0.457 e. The number of carbonyl (C=O) groups is 2. The Balaban J connectivity index is 1.71. The molecule has 44 heavy (non-hydrogen) atoms. The lowest BCUT2D eigenvalue weighted by atomic mass is 9.96. The lowest BCUT2D eigenvalue weighted by Gasteiger charge is -2.43. The maximum absolute atomic E-state index is 12.7. The molecule has 250 valence electrons. The normalized spacial score (nSPS) is 33.2. The zero-order chi connectivity index (χ0) is 33.0. The van der Waals surface area contributed by atoms with Crippen LogP contribution in [0, 0.1) is 0 Å². The quantitative estimate of drug-likeness (QED) is 0.0698. The van der Waals surface area contributed by atoms with Crippen molar-refractivity contribution in [2.75, 3.05) is 19.8 Å². The molecule has 2 saturated heterocycles. The lowest BCUT2D eigenvalue weighted by Crippen LogP contribution is -2.65. The summed E-state index contributed by atoms with van der Waals surface area (Å²) >= 11 is 0. The summed E-state index contributed by atoms with van der Waals surface area (Å²) in [6.45, 7) is -1.74. The molecule has 1 aromatic heterocycles. The van der Waals surface area contributed by atoms with Crippen LogP contribution in [0.5, 0.6) is 0 Å². The third kappa shape index (κ3) is 9.08. The Hall–Kier alpha value is -2.40. The molecule has 1 aromatic rings. The predicted octanol–water partition coefficient (Wildman–Crippen LogP) is -4.72. The number of rotatable bonds is 13. The average Bonchev–Trinajstić information content (AvgIpc) is 3.18. The maximum atomic E-state index is 12.7. The van der Waals surface area contributed by atoms with Gasteiger partial charge in [-0.3, -0.25) is 33.0 Å². The van der Waals surface area contributed by atoms with Gasteiger partial charge in [0, 0.05) is 19.2 Å². The van der Waals surface area contributed by atoms with E-state index in [1.807, 2.05) is 4.98 Å². The van der Waals surface area contributed by atoms with Gasteiger partial charge in [-0.2, -0.15) is 4.31 Å². The fraction of sp³-hybridized carbons (Fsp3) is 0.700. The summed E-state index contributed by atoms with van der Waals surface area (Å²) in [7, 11) is -11.3. The third-order valence-electron chi connectivity index (χ3n) is 6.11. The summed E-state index contributed by atoms with van der Waals surface area (Å²) in [6, 6.07) is -0.854. The van der Waals surface area contributed by atoms with Gasteiger partial charge in [-0.05, 0) is 0 Å². The molecule has 2 fully saturated rings. The molecule has 0 aliphatic carbocycles. The SMILES string of the molecule is CC(=O)N[C@H]1[C@@H](OP(=O)(O)OP(=O)(O)OC[C@H]2O[C@@H](n3ccc(=O)[nH]c3=O)[C@H](O)[C@@H]2O)O[C@H](CO)[C@@H](O)[C@@H]1OC(=O)CCO. The fourth-order valence-electron chi connectivity index (χ4n) is 4.18. The number of H-pyrrole nitrogens is 1. The third-order valence-corrected chi connectivity index (χ3v) is 8.72. The van der Waals surface area contributed by atoms with Crippen LogP contribution in [0.15, 0.2) is 21.9 Å². The number of phosphoric acid groups is 2. The van der Waals surface area contributed by atoms with E-state index in [1.165, 1.54) is 0 Å². The molecule has 2 unspecified atom stereocenters. The van der Waals surface area contributed by atoms with E-state index in [4.69, 9.17) is 23.8 Å². The molecule has 9 N–H and O–H groups in total. The molecule has 3 rings (SSSR count). The molecule has 0 spiro atoms. The first kappa shape index (κ1) is 36.1. The van der Waals surface area contributed by atoms with Crippen molar-refractivity contribution in [3.8, 4) is 0 Å². The molecule has 24 heteroatoms. The summed E-state index contributed by atoms with van der Waals surface area (Å²) in [5.41, 5.74) is -1.79. The number of hydrogen-bond donors (Lipinski definition) is 9. The van der Waals surface area contributed by atoms with Gasteiger partial charge in [0.05, 0.1) is 26.2 Å². The maximum Gasteiger partial charge on any atom is 0.483 e. The van der Waals surface area contributed by atoms with Crippen LogP contribution in [0.4, 0.5) is 0 Å². The van der Waals surface area contributed by atoms with Crippen molar-refractivity contribution in [1.82, 2.24) is 14.9 Å². The van der Waals surface area contributed by atoms with Gasteiger partial charge in [0.2, 0.25) is 5.91 Å². The standard InChI is InChI=1S/C20H31N3O19P2/c1-8(26)21-13-17(40-12(28)3-5-24)15(30)9(6-25)39-19(13)41-44(35,36)42-43(33,34)37-7-10-14(29)16(31)18(38-10)23-4-2-11(27)22-20(23)32/h2,4,9-10,13-19,24-25,29-31H,3,5-7H2,1H3,(H,21,26)(H,33,34)(H,35,36)(H,22,27,32)/t9-,10-,13-,14-,15-,16-,17-,18-,19-/m1/s1. The van der Waals surface area contributed by atoms with E-state index < -0.39 is 120 Å². The van der Waals surface area contributed by atoms with Crippen LogP contribution in [0.25, 0.3) is 0 Å². The van der Waals surface area contributed by atoms with Gasteiger partial charge in [0.25, 0.3) is 5.56 Å². The zero-order valence-electron chi connectivity index (χ0n) is 22.6. The highest BCUT2D eigenvalue weighted by Gasteiger charge is 2.52. The first-order chi connectivity index (χ1) is 20.5.